The zero-order valence-electron chi connectivity index (χ0n) is 11.8. The zero-order valence-corrected chi connectivity index (χ0v) is 11.8. The number of benzene rings is 1. The van der Waals surface area contributed by atoms with Crippen LogP contribution in [-0.4, -0.2) is 15.4 Å². The third kappa shape index (κ3) is 2.79. The Labute approximate surface area is 123 Å². The summed E-state index contributed by atoms with van der Waals surface area (Å²) in [5.41, 5.74) is 2.58. The van der Waals surface area contributed by atoms with Crippen molar-refractivity contribution in [2.75, 3.05) is 0 Å². The first-order chi connectivity index (χ1) is 10.3. The number of rotatable bonds is 5. The Morgan fingerprint density at radius 2 is 2.00 bits per heavy atom. The lowest BCUT2D eigenvalue weighted by Crippen LogP contribution is -1.98. The molecule has 2 heterocycles. The molecule has 0 atom stereocenters. The average Bonchev–Trinajstić information content (AvgIpc) is 2.96. The number of Topliss-reactive ketones (excluding diaryl/α,β-unsaturated/α-hetero) is 1. The first-order valence-corrected chi connectivity index (χ1v) is 6.95. The number of pyridine rings is 1. The lowest BCUT2D eigenvalue weighted by molar-refractivity contribution is 0.0989. The van der Waals surface area contributed by atoms with Gasteiger partial charge in [-0.2, -0.15) is 5.10 Å². The molecule has 106 valence electrons. The highest BCUT2D eigenvalue weighted by atomic mass is 16.5. The van der Waals surface area contributed by atoms with Gasteiger partial charge in [0.05, 0.1) is 23.5 Å². The van der Waals surface area contributed by atoms with Crippen molar-refractivity contribution in [3.8, 4) is 5.75 Å². The van der Waals surface area contributed by atoms with Crippen molar-refractivity contribution < 1.29 is 9.53 Å². The predicted octanol–water partition coefficient (Wildman–Crippen LogP) is 3.51. The number of carbonyl (C=O) groups is 1. The topological polar surface area (TPSA) is 43.6 Å². The zero-order chi connectivity index (χ0) is 14.7. The fraction of sp³-hybridized carbons (Fsp3) is 0.176. The van der Waals surface area contributed by atoms with Crippen molar-refractivity contribution in [3.05, 3.63) is 66.0 Å². The van der Waals surface area contributed by atoms with Crippen LogP contribution in [0.25, 0.3) is 5.52 Å². The summed E-state index contributed by atoms with van der Waals surface area (Å²) in [6.45, 7) is 2.36. The molecule has 0 N–H and O–H groups in total. The highest BCUT2D eigenvalue weighted by Gasteiger charge is 2.11. The number of carbonyl (C=O) groups excluding carboxylic acids is 1. The van der Waals surface area contributed by atoms with Crippen molar-refractivity contribution >= 4 is 11.3 Å². The van der Waals surface area contributed by atoms with Gasteiger partial charge in [0.15, 0.2) is 5.78 Å². The Hall–Kier alpha value is -2.62. The third-order valence-electron chi connectivity index (χ3n) is 3.36. The molecule has 21 heavy (non-hydrogen) atoms. The van der Waals surface area contributed by atoms with Crippen LogP contribution in [0.4, 0.5) is 0 Å². The van der Waals surface area contributed by atoms with Crippen molar-refractivity contribution in [2.24, 2.45) is 0 Å². The minimum Gasteiger partial charge on any atom is -0.487 e. The summed E-state index contributed by atoms with van der Waals surface area (Å²) in [5.74, 6) is 0.827. The van der Waals surface area contributed by atoms with Gasteiger partial charge in [0, 0.05) is 6.42 Å². The number of hydrogen-bond acceptors (Lipinski definition) is 3. The molecule has 4 nitrogen and oxygen atoms in total. The van der Waals surface area contributed by atoms with Crippen LogP contribution in [-0.2, 0) is 6.61 Å². The number of aromatic nitrogens is 2. The van der Waals surface area contributed by atoms with E-state index in [1.165, 1.54) is 0 Å². The van der Waals surface area contributed by atoms with E-state index in [1.807, 2.05) is 49.4 Å². The fourth-order valence-electron chi connectivity index (χ4n) is 2.20. The van der Waals surface area contributed by atoms with Gasteiger partial charge in [-0.3, -0.25) is 4.79 Å². The second-order valence-electron chi connectivity index (χ2n) is 4.80. The molecule has 0 aliphatic rings. The molecule has 4 heteroatoms. The maximum Gasteiger partial charge on any atom is 0.166 e. The summed E-state index contributed by atoms with van der Waals surface area (Å²) in [5, 5.41) is 4.22. The smallest absolute Gasteiger partial charge is 0.166 e. The largest absolute Gasteiger partial charge is 0.487 e. The molecule has 0 saturated carbocycles. The van der Waals surface area contributed by atoms with Gasteiger partial charge in [-0.25, -0.2) is 4.52 Å². The molecular formula is C17H16N2O2. The Morgan fingerprint density at radius 1 is 1.19 bits per heavy atom. The van der Waals surface area contributed by atoms with Gasteiger partial charge < -0.3 is 4.74 Å². The molecule has 0 amide bonds. The monoisotopic (exact) mass is 280 g/mol. The molecule has 3 aromatic rings. The maximum absolute atomic E-state index is 11.8. The standard InChI is InChI=1S/C17H16N2O2/c1-2-17(20)15-10-18-19-11-14(8-9-16(15)19)21-12-13-6-4-3-5-7-13/h3-11H,2,12H2,1H3. The molecule has 0 unspecified atom stereocenters. The maximum atomic E-state index is 11.8. The van der Waals surface area contributed by atoms with Crippen LogP contribution in [0.5, 0.6) is 5.75 Å². The van der Waals surface area contributed by atoms with Crippen LogP contribution in [0.1, 0.15) is 29.3 Å². The summed E-state index contributed by atoms with van der Waals surface area (Å²) in [7, 11) is 0. The predicted molar refractivity (Wildman–Crippen MR) is 80.6 cm³/mol. The van der Waals surface area contributed by atoms with E-state index in [4.69, 9.17) is 4.74 Å². The van der Waals surface area contributed by atoms with Gasteiger partial charge >= 0.3 is 0 Å². The van der Waals surface area contributed by atoms with Gasteiger partial charge in [0.2, 0.25) is 0 Å². The molecule has 0 radical (unpaired) electrons. The van der Waals surface area contributed by atoms with Crippen molar-refractivity contribution in [2.45, 2.75) is 20.0 Å². The molecule has 0 bridgehead atoms. The Balaban J connectivity index is 1.80. The fourth-order valence-corrected chi connectivity index (χ4v) is 2.20. The van der Waals surface area contributed by atoms with Crippen molar-refractivity contribution in [1.82, 2.24) is 9.61 Å². The van der Waals surface area contributed by atoms with Crippen LogP contribution in [0.15, 0.2) is 54.9 Å². The van der Waals surface area contributed by atoms with E-state index in [1.54, 1.807) is 16.9 Å². The number of fused-ring (bicyclic) bond motifs is 1. The lowest BCUT2D eigenvalue weighted by Gasteiger charge is -2.06. The second kappa shape index (κ2) is 5.79. The van der Waals surface area contributed by atoms with E-state index in [-0.39, 0.29) is 5.78 Å². The van der Waals surface area contributed by atoms with E-state index in [0.717, 1.165) is 16.8 Å². The first kappa shape index (κ1) is 13.4. The van der Waals surface area contributed by atoms with E-state index in [2.05, 4.69) is 5.10 Å². The molecule has 2 aromatic heterocycles. The second-order valence-corrected chi connectivity index (χ2v) is 4.80. The Kier molecular flexibility index (Phi) is 3.69. The number of hydrogen-bond donors (Lipinski definition) is 0. The molecule has 0 spiro atoms. The number of ketones is 1. The van der Waals surface area contributed by atoms with E-state index < -0.39 is 0 Å². The van der Waals surface area contributed by atoms with Gasteiger partial charge in [0.1, 0.15) is 12.4 Å². The third-order valence-corrected chi connectivity index (χ3v) is 3.36. The summed E-state index contributed by atoms with van der Waals surface area (Å²) >= 11 is 0. The normalized spacial score (nSPS) is 10.7. The SMILES string of the molecule is CCC(=O)c1cnn2cc(OCc3ccccc3)ccc12. The van der Waals surface area contributed by atoms with E-state index in [9.17, 15) is 4.79 Å². The molecule has 0 aliphatic carbocycles. The summed E-state index contributed by atoms with van der Waals surface area (Å²) in [6.07, 6.45) is 3.89. The Morgan fingerprint density at radius 3 is 2.76 bits per heavy atom. The van der Waals surface area contributed by atoms with Crippen LogP contribution in [0.2, 0.25) is 0 Å². The molecular weight excluding hydrogens is 264 g/mol. The number of nitrogens with zero attached hydrogens (tertiary/aromatic N) is 2. The van der Waals surface area contributed by atoms with Crippen LogP contribution < -0.4 is 4.74 Å². The molecule has 0 aliphatic heterocycles. The van der Waals surface area contributed by atoms with Crippen molar-refractivity contribution in [3.63, 3.8) is 0 Å². The van der Waals surface area contributed by atoms with Gasteiger partial charge in [-0.15, -0.1) is 0 Å². The summed E-state index contributed by atoms with van der Waals surface area (Å²) < 4.78 is 7.43. The summed E-state index contributed by atoms with van der Waals surface area (Å²) in [6, 6.07) is 13.7. The van der Waals surface area contributed by atoms with E-state index in [0.29, 0.717) is 18.6 Å². The van der Waals surface area contributed by atoms with Gasteiger partial charge in [0.25, 0.3) is 0 Å². The Bertz CT molecular complexity index is 763. The highest BCUT2D eigenvalue weighted by Crippen LogP contribution is 2.18. The molecule has 1 aromatic carbocycles. The van der Waals surface area contributed by atoms with Gasteiger partial charge in [-0.1, -0.05) is 37.3 Å². The van der Waals surface area contributed by atoms with Crippen LogP contribution in [0, 0.1) is 0 Å². The van der Waals surface area contributed by atoms with E-state index >= 15 is 0 Å². The molecule has 0 fully saturated rings. The summed E-state index contributed by atoms with van der Waals surface area (Å²) in [4.78, 5) is 11.8. The average molecular weight is 280 g/mol. The highest BCUT2D eigenvalue weighted by molar-refractivity contribution is 6.01. The number of ether oxygens (including phenoxy) is 1. The molecule has 3 rings (SSSR count). The van der Waals surface area contributed by atoms with Crippen molar-refractivity contribution in [1.29, 1.82) is 0 Å². The van der Waals surface area contributed by atoms with Crippen LogP contribution >= 0.6 is 0 Å². The first-order valence-electron chi connectivity index (χ1n) is 6.95. The minimum atomic E-state index is 0.1000. The van der Waals surface area contributed by atoms with Gasteiger partial charge in [-0.05, 0) is 17.7 Å². The molecule has 0 saturated heterocycles. The quantitative estimate of drug-likeness (QED) is 0.672. The lowest BCUT2D eigenvalue weighted by atomic mass is 10.1. The van der Waals surface area contributed by atoms with Crippen LogP contribution in [0.3, 0.4) is 0 Å². The minimum absolute atomic E-state index is 0.1000.